The molecule has 0 fully saturated rings. The van der Waals surface area contributed by atoms with Gasteiger partial charge >= 0.3 is 0 Å². The summed E-state index contributed by atoms with van der Waals surface area (Å²) >= 11 is 5.98. The van der Waals surface area contributed by atoms with E-state index in [9.17, 15) is 0 Å². The number of nitrogen functional groups attached to an aromatic ring is 2. The van der Waals surface area contributed by atoms with E-state index in [0.29, 0.717) is 16.4 Å². The second kappa shape index (κ2) is 5.11. The van der Waals surface area contributed by atoms with Crippen LogP contribution in [0.3, 0.4) is 0 Å². The van der Waals surface area contributed by atoms with E-state index in [4.69, 9.17) is 28.1 Å². The first-order valence-corrected chi connectivity index (χ1v) is 7.51. The van der Waals surface area contributed by atoms with E-state index in [2.05, 4.69) is 4.98 Å². The number of benzene rings is 3. The van der Waals surface area contributed by atoms with Crippen LogP contribution in [-0.2, 0) is 0 Å². The third kappa shape index (κ3) is 2.24. The number of nitrogens with two attached hydrogens (primary N) is 2. The minimum absolute atomic E-state index is 0.493. The number of nitrogens with zero attached hydrogens (tertiary/aromatic N) is 2. The number of anilines is 2. The van der Waals surface area contributed by atoms with Crippen LogP contribution in [0.5, 0.6) is 0 Å². The van der Waals surface area contributed by atoms with Gasteiger partial charge in [0.15, 0.2) is 0 Å². The van der Waals surface area contributed by atoms with Gasteiger partial charge in [0, 0.05) is 10.6 Å². The summed E-state index contributed by atoms with van der Waals surface area (Å²) in [6.07, 6.45) is 0. The molecule has 1 aromatic heterocycles. The molecule has 3 aromatic carbocycles. The number of hydrogen-bond acceptors (Lipinski definition) is 4. The predicted molar refractivity (Wildman–Crippen MR) is 96.3 cm³/mol. The smallest absolute Gasteiger partial charge is 0.0995 e. The molecular weight excluding hydrogens is 308 g/mol. The highest BCUT2D eigenvalue weighted by atomic mass is 35.5. The predicted octanol–water partition coefficient (Wildman–Crippen LogP) is 4.27. The zero-order chi connectivity index (χ0) is 16.0. The molecule has 112 valence electrons. The zero-order valence-electron chi connectivity index (χ0n) is 12.1. The van der Waals surface area contributed by atoms with Crippen LogP contribution in [0, 0.1) is 0 Å². The molecule has 0 amide bonds. The molecule has 0 atom stereocenters. The van der Waals surface area contributed by atoms with E-state index in [1.165, 1.54) is 0 Å². The topological polar surface area (TPSA) is 77.8 Å². The lowest BCUT2D eigenvalue weighted by atomic mass is 10.0. The van der Waals surface area contributed by atoms with Crippen molar-refractivity contribution in [1.82, 2.24) is 9.97 Å². The van der Waals surface area contributed by atoms with Crippen LogP contribution in [-0.4, -0.2) is 9.97 Å². The van der Waals surface area contributed by atoms with Gasteiger partial charge in [-0.05, 0) is 35.9 Å². The summed E-state index contributed by atoms with van der Waals surface area (Å²) in [5.41, 5.74) is 18.1. The van der Waals surface area contributed by atoms with Gasteiger partial charge in [-0.25, -0.2) is 9.97 Å². The fourth-order valence-electron chi connectivity index (χ4n) is 2.70. The molecule has 0 bridgehead atoms. The quantitative estimate of drug-likeness (QED) is 0.405. The van der Waals surface area contributed by atoms with E-state index in [-0.39, 0.29) is 0 Å². The van der Waals surface area contributed by atoms with Gasteiger partial charge in [-0.2, -0.15) is 0 Å². The summed E-state index contributed by atoms with van der Waals surface area (Å²) in [7, 11) is 0. The Labute approximate surface area is 137 Å². The molecule has 5 heteroatoms. The van der Waals surface area contributed by atoms with E-state index >= 15 is 0 Å². The van der Waals surface area contributed by atoms with Crippen LogP contribution in [0.4, 0.5) is 11.4 Å². The van der Waals surface area contributed by atoms with Gasteiger partial charge in [0.05, 0.1) is 33.4 Å². The number of fused-ring (bicyclic) bond motifs is 2. The molecule has 0 unspecified atom stereocenters. The Hall–Kier alpha value is -2.85. The van der Waals surface area contributed by atoms with Gasteiger partial charge in [-0.1, -0.05) is 35.9 Å². The standard InChI is InChI=1S/C18H13ClN4/c19-11-7-5-10(6-8-11)16-17(21)12(20)9-15-18(16)23-14-4-2-1-3-13(14)22-15/h1-9H,20-21H2. The maximum Gasteiger partial charge on any atom is 0.0995 e. The number of hydrogen-bond donors (Lipinski definition) is 2. The van der Waals surface area contributed by atoms with Crippen molar-refractivity contribution in [2.45, 2.75) is 0 Å². The molecule has 0 saturated heterocycles. The van der Waals surface area contributed by atoms with Crippen LogP contribution < -0.4 is 11.5 Å². The molecule has 0 aliphatic rings. The van der Waals surface area contributed by atoms with Gasteiger partial charge in [0.1, 0.15) is 0 Å². The Kier molecular flexibility index (Phi) is 3.06. The van der Waals surface area contributed by atoms with Crippen molar-refractivity contribution in [2.75, 3.05) is 11.5 Å². The Morgan fingerprint density at radius 1 is 0.783 bits per heavy atom. The number of para-hydroxylation sites is 2. The van der Waals surface area contributed by atoms with Gasteiger partial charge in [0.2, 0.25) is 0 Å². The average molecular weight is 321 g/mol. The average Bonchev–Trinajstić information content (AvgIpc) is 2.56. The lowest BCUT2D eigenvalue weighted by molar-refractivity contribution is 1.39. The normalized spacial score (nSPS) is 11.2. The van der Waals surface area contributed by atoms with Gasteiger partial charge in [-0.3, -0.25) is 0 Å². The first-order chi connectivity index (χ1) is 11.1. The fraction of sp³-hybridized carbons (Fsp3) is 0. The largest absolute Gasteiger partial charge is 0.397 e. The molecule has 4 N–H and O–H groups in total. The minimum Gasteiger partial charge on any atom is -0.397 e. The van der Waals surface area contributed by atoms with E-state index in [1.54, 1.807) is 6.07 Å². The summed E-state index contributed by atoms with van der Waals surface area (Å²) in [6.45, 7) is 0. The second-order valence-electron chi connectivity index (χ2n) is 5.34. The number of aromatic nitrogens is 2. The van der Waals surface area contributed by atoms with E-state index < -0.39 is 0 Å². The highest BCUT2D eigenvalue weighted by Crippen LogP contribution is 2.37. The van der Waals surface area contributed by atoms with Crippen molar-refractivity contribution >= 4 is 45.0 Å². The molecule has 1 heterocycles. The van der Waals surface area contributed by atoms with Crippen LogP contribution in [0.15, 0.2) is 54.6 Å². The van der Waals surface area contributed by atoms with Crippen molar-refractivity contribution in [3.63, 3.8) is 0 Å². The molecule has 0 spiro atoms. The van der Waals surface area contributed by atoms with Crippen molar-refractivity contribution in [2.24, 2.45) is 0 Å². The molecule has 23 heavy (non-hydrogen) atoms. The van der Waals surface area contributed by atoms with Crippen molar-refractivity contribution in [3.8, 4) is 11.1 Å². The fourth-order valence-corrected chi connectivity index (χ4v) is 2.83. The summed E-state index contributed by atoms with van der Waals surface area (Å²) in [6, 6.07) is 16.9. The Morgan fingerprint density at radius 2 is 1.43 bits per heavy atom. The molecular formula is C18H13ClN4. The second-order valence-corrected chi connectivity index (χ2v) is 5.78. The Balaban J connectivity index is 2.13. The summed E-state index contributed by atoms with van der Waals surface area (Å²) in [4.78, 5) is 9.41. The molecule has 0 aliphatic carbocycles. The maximum absolute atomic E-state index is 6.24. The highest BCUT2D eigenvalue weighted by Gasteiger charge is 2.14. The zero-order valence-corrected chi connectivity index (χ0v) is 12.9. The Bertz CT molecular complexity index is 1040. The molecule has 0 saturated carbocycles. The van der Waals surface area contributed by atoms with E-state index in [0.717, 1.165) is 33.2 Å². The van der Waals surface area contributed by atoms with Crippen LogP contribution >= 0.6 is 11.6 Å². The Morgan fingerprint density at radius 3 is 2.13 bits per heavy atom. The maximum atomic E-state index is 6.24. The third-order valence-electron chi connectivity index (χ3n) is 3.84. The van der Waals surface area contributed by atoms with Crippen LogP contribution in [0.25, 0.3) is 33.2 Å². The van der Waals surface area contributed by atoms with Crippen molar-refractivity contribution in [1.29, 1.82) is 0 Å². The molecule has 4 aromatic rings. The lowest BCUT2D eigenvalue weighted by Gasteiger charge is -2.13. The van der Waals surface area contributed by atoms with Crippen molar-refractivity contribution < 1.29 is 0 Å². The molecule has 0 aliphatic heterocycles. The molecule has 4 nitrogen and oxygen atoms in total. The van der Waals surface area contributed by atoms with Gasteiger partial charge in [-0.15, -0.1) is 0 Å². The summed E-state index contributed by atoms with van der Waals surface area (Å²) in [5, 5.41) is 0.664. The SMILES string of the molecule is Nc1cc2nc3ccccc3nc2c(-c2ccc(Cl)cc2)c1N. The molecule has 0 radical (unpaired) electrons. The monoisotopic (exact) mass is 320 g/mol. The lowest BCUT2D eigenvalue weighted by Crippen LogP contribution is -2.01. The summed E-state index contributed by atoms with van der Waals surface area (Å²) in [5.74, 6) is 0. The highest BCUT2D eigenvalue weighted by molar-refractivity contribution is 6.30. The van der Waals surface area contributed by atoms with Crippen molar-refractivity contribution in [3.05, 3.63) is 59.6 Å². The molecule has 4 rings (SSSR count). The third-order valence-corrected chi connectivity index (χ3v) is 4.09. The van der Waals surface area contributed by atoms with Crippen LogP contribution in [0.1, 0.15) is 0 Å². The first-order valence-electron chi connectivity index (χ1n) is 7.14. The first kappa shape index (κ1) is 13.8. The van der Waals surface area contributed by atoms with Gasteiger partial charge < -0.3 is 11.5 Å². The number of halogens is 1. The minimum atomic E-state index is 0.493. The van der Waals surface area contributed by atoms with Crippen LogP contribution in [0.2, 0.25) is 5.02 Å². The van der Waals surface area contributed by atoms with E-state index in [1.807, 2.05) is 48.5 Å². The van der Waals surface area contributed by atoms with Gasteiger partial charge in [0.25, 0.3) is 0 Å². The number of rotatable bonds is 1. The summed E-state index contributed by atoms with van der Waals surface area (Å²) < 4.78 is 0.